The van der Waals surface area contributed by atoms with Crippen LogP contribution in [0.5, 0.6) is 0 Å². The SMILES string of the molecule is NC[C@@H]1C[C@@H](c2ccc(N3CCOCC3=O)cc2)C(=O)N1. The number of anilines is 1. The molecule has 0 unspecified atom stereocenters. The zero-order valence-electron chi connectivity index (χ0n) is 11.7. The van der Waals surface area contributed by atoms with Gasteiger partial charge in [0.05, 0.1) is 12.5 Å². The molecule has 6 heteroatoms. The van der Waals surface area contributed by atoms with E-state index in [2.05, 4.69) is 5.32 Å². The molecule has 1 aromatic rings. The van der Waals surface area contributed by atoms with Crippen LogP contribution in [0.15, 0.2) is 24.3 Å². The van der Waals surface area contributed by atoms with Gasteiger partial charge in [0, 0.05) is 24.8 Å². The van der Waals surface area contributed by atoms with Gasteiger partial charge in [0.15, 0.2) is 0 Å². The number of carbonyl (C=O) groups excluding carboxylic acids is 2. The third-order valence-electron chi connectivity index (χ3n) is 4.06. The number of hydrogen-bond donors (Lipinski definition) is 2. The molecular formula is C15H19N3O3. The Morgan fingerprint density at radius 2 is 2.05 bits per heavy atom. The molecule has 2 saturated heterocycles. The summed E-state index contributed by atoms with van der Waals surface area (Å²) in [6.07, 6.45) is 0.727. The molecule has 0 spiro atoms. The van der Waals surface area contributed by atoms with Crippen molar-refractivity contribution >= 4 is 17.5 Å². The number of nitrogens with two attached hydrogens (primary N) is 1. The van der Waals surface area contributed by atoms with Gasteiger partial charge in [-0.25, -0.2) is 0 Å². The topological polar surface area (TPSA) is 84.7 Å². The van der Waals surface area contributed by atoms with E-state index < -0.39 is 0 Å². The van der Waals surface area contributed by atoms with Gasteiger partial charge in [-0.15, -0.1) is 0 Å². The van der Waals surface area contributed by atoms with Crippen molar-refractivity contribution in [3.63, 3.8) is 0 Å². The van der Waals surface area contributed by atoms with Crippen molar-refractivity contribution in [1.82, 2.24) is 5.32 Å². The number of morpholine rings is 1. The highest BCUT2D eigenvalue weighted by molar-refractivity contribution is 5.95. The zero-order chi connectivity index (χ0) is 14.8. The summed E-state index contributed by atoms with van der Waals surface area (Å²) in [6.45, 7) is 1.71. The monoisotopic (exact) mass is 289 g/mol. The maximum absolute atomic E-state index is 11.9. The number of ether oxygens (including phenoxy) is 1. The fourth-order valence-corrected chi connectivity index (χ4v) is 2.87. The highest BCUT2D eigenvalue weighted by atomic mass is 16.5. The zero-order valence-corrected chi connectivity index (χ0v) is 11.7. The molecule has 3 rings (SSSR count). The minimum Gasteiger partial charge on any atom is -0.370 e. The summed E-state index contributed by atoms with van der Waals surface area (Å²) in [5, 5.41) is 2.89. The second-order valence-electron chi connectivity index (χ2n) is 5.42. The van der Waals surface area contributed by atoms with Crippen LogP contribution in [0.2, 0.25) is 0 Å². The Hall–Kier alpha value is -1.92. The van der Waals surface area contributed by atoms with Crippen molar-refractivity contribution < 1.29 is 14.3 Å². The van der Waals surface area contributed by atoms with Crippen molar-refractivity contribution in [2.45, 2.75) is 18.4 Å². The van der Waals surface area contributed by atoms with Crippen molar-refractivity contribution in [3.05, 3.63) is 29.8 Å². The first-order valence-electron chi connectivity index (χ1n) is 7.17. The number of rotatable bonds is 3. The molecule has 0 saturated carbocycles. The molecule has 2 atom stereocenters. The van der Waals surface area contributed by atoms with Gasteiger partial charge in [0.2, 0.25) is 5.91 Å². The van der Waals surface area contributed by atoms with E-state index in [4.69, 9.17) is 10.5 Å². The Balaban J connectivity index is 1.75. The van der Waals surface area contributed by atoms with Crippen molar-refractivity contribution in [3.8, 4) is 0 Å². The third-order valence-corrected chi connectivity index (χ3v) is 4.06. The lowest BCUT2D eigenvalue weighted by atomic mass is 9.95. The van der Waals surface area contributed by atoms with E-state index in [1.807, 2.05) is 24.3 Å². The molecule has 3 N–H and O–H groups in total. The van der Waals surface area contributed by atoms with E-state index in [1.165, 1.54) is 0 Å². The van der Waals surface area contributed by atoms with Crippen LogP contribution < -0.4 is 16.0 Å². The number of nitrogens with one attached hydrogen (secondary N) is 1. The van der Waals surface area contributed by atoms with Gasteiger partial charge in [-0.1, -0.05) is 12.1 Å². The number of amides is 2. The second-order valence-corrected chi connectivity index (χ2v) is 5.42. The molecule has 2 amide bonds. The first-order chi connectivity index (χ1) is 10.2. The molecule has 21 heavy (non-hydrogen) atoms. The van der Waals surface area contributed by atoms with Crippen LogP contribution in [-0.4, -0.2) is 44.2 Å². The fourth-order valence-electron chi connectivity index (χ4n) is 2.87. The molecule has 0 radical (unpaired) electrons. The lowest BCUT2D eigenvalue weighted by Crippen LogP contribution is -2.41. The normalized spacial score (nSPS) is 26.0. The molecule has 6 nitrogen and oxygen atoms in total. The molecule has 0 aromatic heterocycles. The van der Waals surface area contributed by atoms with Crippen LogP contribution in [0.4, 0.5) is 5.69 Å². The average Bonchev–Trinajstić information content (AvgIpc) is 2.89. The summed E-state index contributed by atoms with van der Waals surface area (Å²) in [5.41, 5.74) is 7.42. The lowest BCUT2D eigenvalue weighted by molar-refractivity contribution is -0.125. The maximum atomic E-state index is 11.9. The van der Waals surface area contributed by atoms with Crippen molar-refractivity contribution in [2.24, 2.45) is 5.73 Å². The Morgan fingerprint density at radius 1 is 1.29 bits per heavy atom. The van der Waals surface area contributed by atoms with Gasteiger partial charge in [0.25, 0.3) is 5.91 Å². The molecule has 2 heterocycles. The lowest BCUT2D eigenvalue weighted by Gasteiger charge is -2.27. The fraction of sp³-hybridized carbons (Fsp3) is 0.467. The molecule has 2 aliphatic heterocycles. The summed E-state index contributed by atoms with van der Waals surface area (Å²) in [4.78, 5) is 25.4. The summed E-state index contributed by atoms with van der Waals surface area (Å²) in [7, 11) is 0. The molecule has 0 aliphatic carbocycles. The Kier molecular flexibility index (Phi) is 3.90. The van der Waals surface area contributed by atoms with Crippen molar-refractivity contribution in [1.29, 1.82) is 0 Å². The first-order valence-corrected chi connectivity index (χ1v) is 7.17. The first kappa shape index (κ1) is 14.0. The largest absolute Gasteiger partial charge is 0.370 e. The third kappa shape index (κ3) is 2.77. The Labute approximate surface area is 123 Å². The predicted octanol–water partition coefficient (Wildman–Crippen LogP) is -0.0194. The van der Waals surface area contributed by atoms with Gasteiger partial charge in [-0.2, -0.15) is 0 Å². The van der Waals surface area contributed by atoms with Gasteiger partial charge in [0.1, 0.15) is 6.61 Å². The second kappa shape index (κ2) is 5.83. The number of nitrogens with zero attached hydrogens (tertiary/aromatic N) is 1. The van der Waals surface area contributed by atoms with Gasteiger partial charge >= 0.3 is 0 Å². The number of benzene rings is 1. The standard InChI is InChI=1S/C15H19N3O3/c16-8-11-7-13(15(20)17-11)10-1-3-12(4-2-10)18-5-6-21-9-14(18)19/h1-4,11,13H,5-9,16H2,(H,17,20)/t11-,13-/m0/s1. The van der Waals surface area contributed by atoms with Crippen LogP contribution in [0.1, 0.15) is 17.9 Å². The molecule has 2 aliphatic rings. The molecule has 0 bridgehead atoms. The number of carbonyl (C=O) groups is 2. The minimum absolute atomic E-state index is 0.0284. The van der Waals surface area contributed by atoms with E-state index in [0.717, 1.165) is 17.7 Å². The van der Waals surface area contributed by atoms with Crippen LogP contribution in [0, 0.1) is 0 Å². The maximum Gasteiger partial charge on any atom is 0.253 e. The van der Waals surface area contributed by atoms with Crippen LogP contribution in [0.25, 0.3) is 0 Å². The van der Waals surface area contributed by atoms with Gasteiger partial charge < -0.3 is 20.7 Å². The van der Waals surface area contributed by atoms with Crippen LogP contribution >= 0.6 is 0 Å². The summed E-state index contributed by atoms with van der Waals surface area (Å²) in [6, 6.07) is 7.68. The summed E-state index contributed by atoms with van der Waals surface area (Å²) < 4.78 is 5.12. The number of hydrogen-bond acceptors (Lipinski definition) is 4. The Bertz CT molecular complexity index is 544. The highest BCUT2D eigenvalue weighted by Crippen LogP contribution is 2.28. The van der Waals surface area contributed by atoms with E-state index in [-0.39, 0.29) is 30.4 Å². The van der Waals surface area contributed by atoms with Crippen LogP contribution in [-0.2, 0) is 14.3 Å². The van der Waals surface area contributed by atoms with Crippen LogP contribution in [0.3, 0.4) is 0 Å². The van der Waals surface area contributed by atoms with E-state index in [9.17, 15) is 9.59 Å². The molecule has 112 valence electrons. The quantitative estimate of drug-likeness (QED) is 0.819. The average molecular weight is 289 g/mol. The smallest absolute Gasteiger partial charge is 0.253 e. The summed E-state index contributed by atoms with van der Waals surface area (Å²) >= 11 is 0. The highest BCUT2D eigenvalue weighted by Gasteiger charge is 2.32. The van der Waals surface area contributed by atoms with E-state index >= 15 is 0 Å². The summed E-state index contributed by atoms with van der Waals surface area (Å²) in [5.74, 6) is -0.149. The van der Waals surface area contributed by atoms with Crippen molar-refractivity contribution in [2.75, 3.05) is 31.2 Å². The minimum atomic E-state index is -0.145. The molecular weight excluding hydrogens is 270 g/mol. The van der Waals surface area contributed by atoms with Gasteiger partial charge in [-0.3, -0.25) is 9.59 Å². The van der Waals surface area contributed by atoms with E-state index in [1.54, 1.807) is 4.90 Å². The Morgan fingerprint density at radius 3 is 2.67 bits per heavy atom. The van der Waals surface area contributed by atoms with E-state index in [0.29, 0.717) is 19.7 Å². The predicted molar refractivity (Wildman–Crippen MR) is 78.0 cm³/mol. The molecule has 1 aromatic carbocycles. The molecule has 2 fully saturated rings. The van der Waals surface area contributed by atoms with Gasteiger partial charge in [-0.05, 0) is 24.1 Å².